The molecular weight excluding hydrogens is 212 g/mol. The van der Waals surface area contributed by atoms with Gasteiger partial charge in [-0.2, -0.15) is 0 Å². The Balaban J connectivity index is 1.91. The van der Waals surface area contributed by atoms with Crippen molar-refractivity contribution in [3.05, 3.63) is 12.2 Å². The molecule has 2 atom stereocenters. The molecule has 2 unspecified atom stereocenters. The molecule has 0 bridgehead atoms. The van der Waals surface area contributed by atoms with Crippen LogP contribution in [0.1, 0.15) is 39.5 Å². The first-order valence-electron chi connectivity index (χ1n) is 6.82. The van der Waals surface area contributed by atoms with Crippen molar-refractivity contribution in [2.45, 2.75) is 51.6 Å². The minimum Gasteiger partial charge on any atom is -0.339 e. The van der Waals surface area contributed by atoms with E-state index in [0.717, 1.165) is 19.4 Å². The van der Waals surface area contributed by atoms with Gasteiger partial charge in [0.05, 0.1) is 5.92 Å². The zero-order valence-electron chi connectivity index (χ0n) is 10.9. The van der Waals surface area contributed by atoms with Gasteiger partial charge in [-0.05, 0) is 31.6 Å². The smallest absolute Gasteiger partial charge is 0.229 e. The monoisotopic (exact) mass is 236 g/mol. The summed E-state index contributed by atoms with van der Waals surface area (Å²) in [5.74, 6) is 1.00. The van der Waals surface area contributed by atoms with Crippen molar-refractivity contribution >= 4 is 5.91 Å². The standard InChI is InChI=1S/C14H24N2O/c1-10(2)7-8-16(13-5-6-13)14(17)11-3-4-12(15)9-11/h3-4,10-13H,5-9,15H2,1-2H3. The first-order valence-corrected chi connectivity index (χ1v) is 6.82. The number of nitrogens with zero attached hydrogens (tertiary/aromatic N) is 1. The van der Waals surface area contributed by atoms with Gasteiger partial charge in [-0.1, -0.05) is 26.0 Å². The molecule has 3 nitrogen and oxygen atoms in total. The zero-order chi connectivity index (χ0) is 12.4. The highest BCUT2D eigenvalue weighted by Crippen LogP contribution is 2.30. The molecule has 3 heteroatoms. The van der Waals surface area contributed by atoms with E-state index in [1.54, 1.807) is 0 Å². The van der Waals surface area contributed by atoms with E-state index >= 15 is 0 Å². The lowest BCUT2D eigenvalue weighted by atomic mass is 10.0. The molecular formula is C14H24N2O. The first-order chi connectivity index (χ1) is 8.08. The van der Waals surface area contributed by atoms with Crippen LogP contribution < -0.4 is 5.73 Å². The van der Waals surface area contributed by atoms with Gasteiger partial charge < -0.3 is 10.6 Å². The molecule has 96 valence electrons. The summed E-state index contributed by atoms with van der Waals surface area (Å²) >= 11 is 0. The Labute approximate surface area is 104 Å². The van der Waals surface area contributed by atoms with Gasteiger partial charge in [-0.3, -0.25) is 4.79 Å². The molecule has 0 aromatic heterocycles. The summed E-state index contributed by atoms with van der Waals surface area (Å²) in [6, 6.07) is 0.599. The maximum absolute atomic E-state index is 12.4. The van der Waals surface area contributed by atoms with E-state index in [1.807, 2.05) is 12.2 Å². The third kappa shape index (κ3) is 3.32. The predicted molar refractivity (Wildman–Crippen MR) is 69.4 cm³/mol. The predicted octanol–water partition coefficient (Wildman–Crippen LogP) is 1.93. The molecule has 1 fully saturated rings. The molecule has 0 radical (unpaired) electrons. The van der Waals surface area contributed by atoms with Crippen LogP contribution in [0.5, 0.6) is 0 Å². The highest BCUT2D eigenvalue weighted by atomic mass is 16.2. The highest BCUT2D eigenvalue weighted by Gasteiger charge is 2.36. The van der Waals surface area contributed by atoms with E-state index in [1.165, 1.54) is 12.8 Å². The Kier molecular flexibility index (Phi) is 3.87. The lowest BCUT2D eigenvalue weighted by Gasteiger charge is -2.26. The van der Waals surface area contributed by atoms with Crippen LogP contribution in [0.3, 0.4) is 0 Å². The van der Waals surface area contributed by atoms with E-state index in [-0.39, 0.29) is 12.0 Å². The summed E-state index contributed by atoms with van der Waals surface area (Å²) in [6.07, 6.45) is 8.24. The minimum atomic E-state index is 0.0396. The van der Waals surface area contributed by atoms with Crippen LogP contribution in [0.2, 0.25) is 0 Å². The summed E-state index contributed by atoms with van der Waals surface area (Å²) in [4.78, 5) is 14.5. The highest BCUT2D eigenvalue weighted by molar-refractivity contribution is 5.81. The number of carbonyl (C=O) groups is 1. The zero-order valence-corrected chi connectivity index (χ0v) is 10.9. The first kappa shape index (κ1) is 12.6. The van der Waals surface area contributed by atoms with Crippen molar-refractivity contribution in [1.29, 1.82) is 0 Å². The van der Waals surface area contributed by atoms with Gasteiger partial charge in [0.1, 0.15) is 0 Å². The van der Waals surface area contributed by atoms with Gasteiger partial charge in [0.15, 0.2) is 0 Å². The number of hydrogen-bond donors (Lipinski definition) is 1. The summed E-state index contributed by atoms with van der Waals surface area (Å²) in [6.45, 7) is 5.34. The van der Waals surface area contributed by atoms with Crippen LogP contribution in [0.25, 0.3) is 0 Å². The number of rotatable bonds is 5. The normalized spacial score (nSPS) is 27.8. The molecule has 2 rings (SSSR count). The van der Waals surface area contributed by atoms with Gasteiger partial charge in [0.2, 0.25) is 5.91 Å². The lowest BCUT2D eigenvalue weighted by Crippen LogP contribution is -2.38. The largest absolute Gasteiger partial charge is 0.339 e. The Morgan fingerprint density at radius 2 is 2.12 bits per heavy atom. The Morgan fingerprint density at radius 1 is 1.41 bits per heavy atom. The Hall–Kier alpha value is -0.830. The molecule has 0 aliphatic heterocycles. The molecule has 0 aromatic rings. The summed E-state index contributed by atoms with van der Waals surface area (Å²) in [5, 5.41) is 0. The molecule has 0 saturated heterocycles. The molecule has 2 aliphatic carbocycles. The van der Waals surface area contributed by atoms with E-state index in [9.17, 15) is 4.79 Å². The van der Waals surface area contributed by atoms with Crippen LogP contribution in [0, 0.1) is 11.8 Å². The van der Waals surface area contributed by atoms with Crippen molar-refractivity contribution in [2.75, 3.05) is 6.54 Å². The van der Waals surface area contributed by atoms with Crippen LogP contribution >= 0.6 is 0 Å². The lowest BCUT2D eigenvalue weighted by molar-refractivity contribution is -0.134. The van der Waals surface area contributed by atoms with Crippen molar-refractivity contribution < 1.29 is 4.79 Å². The number of hydrogen-bond acceptors (Lipinski definition) is 2. The maximum atomic E-state index is 12.4. The van der Waals surface area contributed by atoms with Gasteiger partial charge in [0, 0.05) is 18.6 Å². The molecule has 1 amide bonds. The maximum Gasteiger partial charge on any atom is 0.229 e. The fourth-order valence-electron chi connectivity index (χ4n) is 2.38. The van der Waals surface area contributed by atoms with E-state index < -0.39 is 0 Å². The Bertz CT molecular complexity index is 307. The number of carbonyl (C=O) groups excluding carboxylic acids is 1. The van der Waals surface area contributed by atoms with E-state index in [0.29, 0.717) is 17.9 Å². The SMILES string of the molecule is CC(C)CCN(C(=O)C1C=CC(N)C1)C1CC1. The van der Waals surface area contributed by atoms with Crippen molar-refractivity contribution in [1.82, 2.24) is 4.90 Å². The quantitative estimate of drug-likeness (QED) is 0.741. The van der Waals surface area contributed by atoms with Crippen LogP contribution in [-0.4, -0.2) is 29.4 Å². The summed E-state index contributed by atoms with van der Waals surface area (Å²) in [7, 11) is 0. The van der Waals surface area contributed by atoms with Crippen LogP contribution in [0.4, 0.5) is 0 Å². The summed E-state index contributed by atoms with van der Waals surface area (Å²) in [5.41, 5.74) is 5.82. The number of amides is 1. The van der Waals surface area contributed by atoms with E-state index in [2.05, 4.69) is 18.7 Å². The van der Waals surface area contributed by atoms with Crippen LogP contribution in [-0.2, 0) is 4.79 Å². The number of nitrogens with two attached hydrogens (primary N) is 1. The average molecular weight is 236 g/mol. The second-order valence-electron chi connectivity index (χ2n) is 5.84. The molecule has 0 aromatic carbocycles. The molecule has 2 aliphatic rings. The minimum absolute atomic E-state index is 0.0396. The average Bonchev–Trinajstić information content (AvgIpc) is 3.00. The molecule has 0 spiro atoms. The molecule has 2 N–H and O–H groups in total. The third-order valence-corrected chi connectivity index (χ3v) is 3.65. The van der Waals surface area contributed by atoms with Gasteiger partial charge in [-0.25, -0.2) is 0 Å². The van der Waals surface area contributed by atoms with Gasteiger partial charge >= 0.3 is 0 Å². The second kappa shape index (κ2) is 5.21. The third-order valence-electron chi connectivity index (χ3n) is 3.65. The van der Waals surface area contributed by atoms with Crippen LogP contribution in [0.15, 0.2) is 12.2 Å². The second-order valence-corrected chi connectivity index (χ2v) is 5.84. The fourth-order valence-corrected chi connectivity index (χ4v) is 2.38. The topological polar surface area (TPSA) is 46.3 Å². The molecule has 1 saturated carbocycles. The fraction of sp³-hybridized carbons (Fsp3) is 0.786. The summed E-state index contributed by atoms with van der Waals surface area (Å²) < 4.78 is 0. The Morgan fingerprint density at radius 3 is 2.59 bits per heavy atom. The van der Waals surface area contributed by atoms with Crippen molar-refractivity contribution in [3.63, 3.8) is 0 Å². The van der Waals surface area contributed by atoms with Gasteiger partial charge in [-0.15, -0.1) is 0 Å². The van der Waals surface area contributed by atoms with Crippen molar-refractivity contribution in [3.8, 4) is 0 Å². The van der Waals surface area contributed by atoms with Crippen molar-refractivity contribution in [2.24, 2.45) is 17.6 Å². The molecule has 17 heavy (non-hydrogen) atoms. The molecule has 0 heterocycles. The van der Waals surface area contributed by atoms with Gasteiger partial charge in [0.25, 0.3) is 0 Å². The van der Waals surface area contributed by atoms with E-state index in [4.69, 9.17) is 5.73 Å².